The van der Waals surface area contributed by atoms with Crippen LogP contribution in [0.1, 0.15) is 12.8 Å². The van der Waals surface area contributed by atoms with Crippen molar-refractivity contribution in [2.24, 2.45) is 0 Å². The van der Waals surface area contributed by atoms with Gasteiger partial charge in [0.1, 0.15) is 5.75 Å². The van der Waals surface area contributed by atoms with E-state index in [1.54, 1.807) is 37.8 Å². The van der Waals surface area contributed by atoms with E-state index in [-0.39, 0.29) is 5.91 Å². The van der Waals surface area contributed by atoms with Crippen molar-refractivity contribution in [2.45, 2.75) is 19.4 Å². The largest absolute Gasteiger partial charge is 0.494 e. The van der Waals surface area contributed by atoms with Gasteiger partial charge in [-0.1, -0.05) is 0 Å². The van der Waals surface area contributed by atoms with Crippen LogP contribution < -0.4 is 15.8 Å². The quantitative estimate of drug-likeness (QED) is 0.788. The first-order valence-corrected chi connectivity index (χ1v) is 6.38. The number of ether oxygens (including phenoxy) is 1. The number of nitrogen functional groups attached to an aromatic ring is 1. The number of hydrogen-bond acceptors (Lipinski definition) is 4. The zero-order valence-electron chi connectivity index (χ0n) is 11.4. The van der Waals surface area contributed by atoms with Gasteiger partial charge >= 0.3 is 0 Å². The first-order chi connectivity index (χ1) is 9.69. The molecule has 0 aliphatic rings. The van der Waals surface area contributed by atoms with Gasteiger partial charge in [-0.05, 0) is 18.6 Å². The summed E-state index contributed by atoms with van der Waals surface area (Å²) < 4.78 is 7.12. The van der Waals surface area contributed by atoms with Crippen molar-refractivity contribution in [3.05, 3.63) is 36.9 Å². The molecule has 0 unspecified atom stereocenters. The summed E-state index contributed by atoms with van der Waals surface area (Å²) in [5.74, 6) is 0.515. The van der Waals surface area contributed by atoms with Crippen molar-refractivity contribution in [3.8, 4) is 5.75 Å². The summed E-state index contributed by atoms with van der Waals surface area (Å²) in [4.78, 5) is 15.8. The molecule has 0 saturated heterocycles. The van der Waals surface area contributed by atoms with Crippen molar-refractivity contribution in [2.75, 3.05) is 18.2 Å². The van der Waals surface area contributed by atoms with E-state index in [9.17, 15) is 4.79 Å². The molecule has 0 aliphatic heterocycles. The van der Waals surface area contributed by atoms with Gasteiger partial charge in [0.05, 0.1) is 19.1 Å². The Bertz CT molecular complexity index is 567. The van der Waals surface area contributed by atoms with Crippen molar-refractivity contribution >= 4 is 17.3 Å². The lowest BCUT2D eigenvalue weighted by Gasteiger charge is -2.10. The highest BCUT2D eigenvalue weighted by Crippen LogP contribution is 2.26. The van der Waals surface area contributed by atoms with Crippen LogP contribution in [0.25, 0.3) is 0 Å². The number of nitrogens with two attached hydrogens (primary N) is 1. The maximum atomic E-state index is 11.9. The number of imidazole rings is 1. The van der Waals surface area contributed by atoms with Crippen LogP contribution in [0, 0.1) is 0 Å². The minimum Gasteiger partial charge on any atom is -0.494 e. The number of carbonyl (C=O) groups excluding carboxylic acids is 1. The molecular weight excluding hydrogens is 256 g/mol. The van der Waals surface area contributed by atoms with Gasteiger partial charge in [-0.15, -0.1) is 0 Å². The first kappa shape index (κ1) is 13.9. The van der Waals surface area contributed by atoms with Crippen LogP contribution in [0.3, 0.4) is 0 Å². The van der Waals surface area contributed by atoms with E-state index in [1.165, 1.54) is 0 Å². The second kappa shape index (κ2) is 6.60. The lowest BCUT2D eigenvalue weighted by molar-refractivity contribution is -0.116. The smallest absolute Gasteiger partial charge is 0.224 e. The predicted octanol–water partition coefficient (Wildman–Crippen LogP) is 1.89. The average molecular weight is 274 g/mol. The molecule has 2 rings (SSSR count). The summed E-state index contributed by atoms with van der Waals surface area (Å²) >= 11 is 0. The first-order valence-electron chi connectivity index (χ1n) is 6.38. The summed E-state index contributed by atoms with van der Waals surface area (Å²) in [6, 6.07) is 5.15. The fraction of sp³-hybridized carbons (Fsp3) is 0.286. The highest BCUT2D eigenvalue weighted by Gasteiger charge is 2.07. The normalized spacial score (nSPS) is 10.2. The van der Waals surface area contributed by atoms with E-state index < -0.39 is 0 Å². The number of anilines is 2. The topological polar surface area (TPSA) is 82.2 Å². The Hall–Kier alpha value is -2.50. The summed E-state index contributed by atoms with van der Waals surface area (Å²) in [5.41, 5.74) is 6.90. The van der Waals surface area contributed by atoms with Gasteiger partial charge in [-0.25, -0.2) is 4.98 Å². The van der Waals surface area contributed by atoms with Gasteiger partial charge in [0, 0.05) is 37.1 Å². The molecule has 0 saturated carbocycles. The van der Waals surface area contributed by atoms with Crippen LogP contribution in [0.4, 0.5) is 11.4 Å². The highest BCUT2D eigenvalue weighted by molar-refractivity contribution is 5.92. The number of hydrogen-bond donors (Lipinski definition) is 2. The Balaban J connectivity index is 1.85. The second-order valence-corrected chi connectivity index (χ2v) is 4.41. The molecule has 1 aromatic heterocycles. The molecule has 1 aromatic carbocycles. The molecule has 3 N–H and O–H groups in total. The summed E-state index contributed by atoms with van der Waals surface area (Å²) in [7, 11) is 1.55. The third-order valence-electron chi connectivity index (χ3n) is 2.88. The van der Waals surface area contributed by atoms with Crippen LogP contribution in [0.15, 0.2) is 36.9 Å². The standard InChI is InChI=1S/C14H18N4O2/c1-20-13-9-11(15)4-5-12(13)17-14(19)3-2-7-18-8-6-16-10-18/h4-6,8-10H,2-3,7,15H2,1H3,(H,17,19). The Kier molecular flexibility index (Phi) is 4.60. The van der Waals surface area contributed by atoms with Gasteiger partial charge in [0.25, 0.3) is 0 Å². The SMILES string of the molecule is COc1cc(N)ccc1NC(=O)CCCn1ccnc1. The summed E-state index contributed by atoms with van der Waals surface area (Å²) in [6.07, 6.45) is 6.52. The number of aromatic nitrogens is 2. The molecule has 1 amide bonds. The fourth-order valence-electron chi connectivity index (χ4n) is 1.86. The predicted molar refractivity (Wildman–Crippen MR) is 77.5 cm³/mol. The van der Waals surface area contributed by atoms with Crippen LogP contribution in [0.2, 0.25) is 0 Å². The lowest BCUT2D eigenvalue weighted by Crippen LogP contribution is -2.13. The zero-order chi connectivity index (χ0) is 14.4. The number of methoxy groups -OCH3 is 1. The number of aryl methyl sites for hydroxylation is 1. The Morgan fingerprint density at radius 1 is 1.50 bits per heavy atom. The third kappa shape index (κ3) is 3.74. The van der Waals surface area contributed by atoms with Crippen molar-refractivity contribution in [3.63, 3.8) is 0 Å². The molecule has 0 atom stereocenters. The molecule has 20 heavy (non-hydrogen) atoms. The minimum absolute atomic E-state index is 0.0480. The van der Waals surface area contributed by atoms with Gasteiger partial charge in [-0.2, -0.15) is 0 Å². The van der Waals surface area contributed by atoms with Crippen molar-refractivity contribution < 1.29 is 9.53 Å². The molecular formula is C14H18N4O2. The molecule has 2 aromatic rings. The number of nitrogens with zero attached hydrogens (tertiary/aromatic N) is 2. The number of amides is 1. The Morgan fingerprint density at radius 3 is 3.05 bits per heavy atom. The van der Waals surface area contributed by atoms with Gasteiger partial charge in [0.15, 0.2) is 0 Å². The minimum atomic E-state index is -0.0480. The number of rotatable bonds is 6. The summed E-state index contributed by atoms with van der Waals surface area (Å²) in [6.45, 7) is 0.770. The maximum Gasteiger partial charge on any atom is 0.224 e. The molecule has 0 fully saturated rings. The van der Waals surface area contributed by atoms with Crippen LogP contribution in [-0.2, 0) is 11.3 Å². The zero-order valence-corrected chi connectivity index (χ0v) is 11.4. The third-order valence-corrected chi connectivity index (χ3v) is 2.88. The van der Waals surface area contributed by atoms with Gasteiger partial charge in [-0.3, -0.25) is 4.79 Å². The van der Waals surface area contributed by atoms with Crippen LogP contribution >= 0.6 is 0 Å². The molecule has 106 valence electrons. The molecule has 0 radical (unpaired) electrons. The number of carbonyl (C=O) groups is 1. The van der Waals surface area contributed by atoms with Crippen LogP contribution in [-0.4, -0.2) is 22.6 Å². The van der Waals surface area contributed by atoms with E-state index in [0.717, 1.165) is 13.0 Å². The second-order valence-electron chi connectivity index (χ2n) is 4.41. The van der Waals surface area contributed by atoms with E-state index in [4.69, 9.17) is 10.5 Å². The molecule has 6 heteroatoms. The van der Waals surface area contributed by atoms with Gasteiger partial charge in [0.2, 0.25) is 5.91 Å². The van der Waals surface area contributed by atoms with E-state index >= 15 is 0 Å². The molecule has 1 heterocycles. The molecule has 0 bridgehead atoms. The van der Waals surface area contributed by atoms with Crippen molar-refractivity contribution in [1.82, 2.24) is 9.55 Å². The number of benzene rings is 1. The monoisotopic (exact) mass is 274 g/mol. The van der Waals surface area contributed by atoms with Crippen LogP contribution in [0.5, 0.6) is 5.75 Å². The molecule has 0 spiro atoms. The fourth-order valence-corrected chi connectivity index (χ4v) is 1.86. The highest BCUT2D eigenvalue weighted by atomic mass is 16.5. The maximum absolute atomic E-state index is 11.9. The summed E-state index contributed by atoms with van der Waals surface area (Å²) in [5, 5.41) is 2.82. The van der Waals surface area contributed by atoms with Crippen molar-refractivity contribution in [1.29, 1.82) is 0 Å². The molecule has 6 nitrogen and oxygen atoms in total. The average Bonchev–Trinajstić information content (AvgIpc) is 2.94. The van der Waals surface area contributed by atoms with Gasteiger partial charge < -0.3 is 20.4 Å². The Morgan fingerprint density at radius 2 is 2.35 bits per heavy atom. The van der Waals surface area contributed by atoms with E-state index in [0.29, 0.717) is 23.5 Å². The van der Waals surface area contributed by atoms with E-state index in [2.05, 4.69) is 10.3 Å². The number of nitrogens with one attached hydrogen (secondary N) is 1. The Labute approximate surface area is 117 Å². The molecule has 0 aliphatic carbocycles. The van der Waals surface area contributed by atoms with E-state index in [1.807, 2.05) is 10.8 Å². The lowest BCUT2D eigenvalue weighted by atomic mass is 10.2.